The number of rotatable bonds is 4. The van der Waals surface area contributed by atoms with Crippen LogP contribution in [0.4, 0.5) is 0 Å². The van der Waals surface area contributed by atoms with Gasteiger partial charge in [-0.25, -0.2) is 9.78 Å². The summed E-state index contributed by atoms with van der Waals surface area (Å²) in [5, 5.41) is 8.80. The molecule has 2 rings (SSSR count). The molecule has 0 fully saturated rings. The van der Waals surface area contributed by atoms with Gasteiger partial charge in [-0.1, -0.05) is 30.3 Å². The van der Waals surface area contributed by atoms with Gasteiger partial charge in [-0.05, 0) is 12.0 Å². The Morgan fingerprint density at radius 2 is 1.94 bits per heavy atom. The lowest BCUT2D eigenvalue weighted by Crippen LogP contribution is -2.16. The van der Waals surface area contributed by atoms with Crippen molar-refractivity contribution in [2.45, 2.75) is 12.8 Å². The second-order valence-corrected chi connectivity index (χ2v) is 3.87. The number of aromatic carboxylic acids is 1. The second kappa shape index (κ2) is 5.27. The van der Waals surface area contributed by atoms with Gasteiger partial charge in [-0.3, -0.25) is 4.79 Å². The zero-order chi connectivity index (χ0) is 13.0. The van der Waals surface area contributed by atoms with Crippen molar-refractivity contribution in [2.75, 3.05) is 0 Å². The molecule has 1 heterocycles. The molecule has 2 N–H and O–H groups in total. The number of carboxylic acids is 1. The Balaban J connectivity index is 2.15. The van der Waals surface area contributed by atoms with E-state index in [-0.39, 0.29) is 5.69 Å². The van der Waals surface area contributed by atoms with Crippen LogP contribution in [0.5, 0.6) is 0 Å². The molecular weight excluding hydrogens is 232 g/mol. The fourth-order valence-corrected chi connectivity index (χ4v) is 1.64. The maximum Gasteiger partial charge on any atom is 0.354 e. The summed E-state index contributed by atoms with van der Waals surface area (Å²) in [6.07, 6.45) is 1.20. The van der Waals surface area contributed by atoms with E-state index in [1.54, 1.807) is 0 Å². The van der Waals surface area contributed by atoms with Gasteiger partial charge in [0.05, 0.1) is 0 Å². The Morgan fingerprint density at radius 1 is 1.22 bits per heavy atom. The molecule has 0 atom stereocenters. The first-order valence-electron chi connectivity index (χ1n) is 5.52. The molecule has 0 aliphatic carbocycles. The standard InChI is InChI=1S/C13H12N2O3/c16-12-8-10(13(17)18)14-11(15-12)7-6-9-4-2-1-3-5-9/h1-5,8H,6-7H2,(H,17,18)(H,14,15,16). The van der Waals surface area contributed by atoms with E-state index in [2.05, 4.69) is 9.97 Å². The number of aryl methyl sites for hydroxylation is 2. The van der Waals surface area contributed by atoms with Crippen LogP contribution in [0.3, 0.4) is 0 Å². The molecule has 0 radical (unpaired) electrons. The normalized spacial score (nSPS) is 10.2. The van der Waals surface area contributed by atoms with E-state index in [0.717, 1.165) is 11.6 Å². The van der Waals surface area contributed by atoms with E-state index < -0.39 is 11.5 Å². The van der Waals surface area contributed by atoms with Crippen molar-refractivity contribution in [3.8, 4) is 0 Å². The third-order valence-electron chi connectivity index (χ3n) is 2.50. The van der Waals surface area contributed by atoms with Crippen LogP contribution in [-0.4, -0.2) is 21.0 Å². The van der Waals surface area contributed by atoms with Crippen molar-refractivity contribution < 1.29 is 9.90 Å². The van der Waals surface area contributed by atoms with E-state index in [1.807, 2.05) is 30.3 Å². The topological polar surface area (TPSA) is 83.0 Å². The molecule has 5 heteroatoms. The number of carbonyl (C=O) groups is 1. The van der Waals surface area contributed by atoms with Gasteiger partial charge >= 0.3 is 5.97 Å². The molecule has 92 valence electrons. The first kappa shape index (κ1) is 12.0. The number of nitrogens with zero attached hydrogens (tertiary/aromatic N) is 1. The number of hydrogen-bond acceptors (Lipinski definition) is 3. The molecule has 0 aliphatic rings. The minimum Gasteiger partial charge on any atom is -0.477 e. The van der Waals surface area contributed by atoms with Crippen molar-refractivity contribution in [1.29, 1.82) is 0 Å². The third kappa shape index (κ3) is 3.04. The Bertz CT molecular complexity index is 605. The van der Waals surface area contributed by atoms with E-state index in [4.69, 9.17) is 5.11 Å². The maximum absolute atomic E-state index is 11.3. The molecule has 0 spiro atoms. The van der Waals surface area contributed by atoms with Crippen LogP contribution in [0.25, 0.3) is 0 Å². The summed E-state index contributed by atoms with van der Waals surface area (Å²) in [5.41, 5.74) is 0.452. The van der Waals surface area contributed by atoms with Gasteiger partial charge in [-0.15, -0.1) is 0 Å². The fraction of sp³-hybridized carbons (Fsp3) is 0.154. The summed E-state index contributed by atoms with van der Waals surface area (Å²) in [4.78, 5) is 28.5. The number of aromatic nitrogens is 2. The highest BCUT2D eigenvalue weighted by Gasteiger charge is 2.07. The number of aromatic amines is 1. The van der Waals surface area contributed by atoms with Crippen LogP contribution in [0, 0.1) is 0 Å². The summed E-state index contributed by atoms with van der Waals surface area (Å²) in [6, 6.07) is 10.7. The minimum absolute atomic E-state index is 0.221. The molecule has 0 aliphatic heterocycles. The lowest BCUT2D eigenvalue weighted by atomic mass is 10.1. The summed E-state index contributed by atoms with van der Waals surface area (Å²) >= 11 is 0. The number of hydrogen-bond donors (Lipinski definition) is 2. The first-order valence-corrected chi connectivity index (χ1v) is 5.52. The van der Waals surface area contributed by atoms with Crippen molar-refractivity contribution in [2.24, 2.45) is 0 Å². The first-order chi connectivity index (χ1) is 8.65. The predicted molar refractivity (Wildman–Crippen MR) is 65.7 cm³/mol. The highest BCUT2D eigenvalue weighted by Crippen LogP contribution is 2.03. The van der Waals surface area contributed by atoms with E-state index in [1.165, 1.54) is 0 Å². The molecule has 1 aromatic carbocycles. The van der Waals surface area contributed by atoms with Crippen LogP contribution in [0.15, 0.2) is 41.2 Å². The van der Waals surface area contributed by atoms with Crippen LogP contribution >= 0.6 is 0 Å². The van der Waals surface area contributed by atoms with Crippen molar-refractivity contribution in [1.82, 2.24) is 9.97 Å². The van der Waals surface area contributed by atoms with Gasteiger partial charge in [0.2, 0.25) is 0 Å². The van der Waals surface area contributed by atoms with E-state index >= 15 is 0 Å². The highest BCUT2D eigenvalue weighted by atomic mass is 16.4. The summed E-state index contributed by atoms with van der Waals surface area (Å²) < 4.78 is 0. The van der Waals surface area contributed by atoms with Crippen molar-refractivity contribution >= 4 is 5.97 Å². The monoisotopic (exact) mass is 244 g/mol. The Kier molecular flexibility index (Phi) is 3.52. The maximum atomic E-state index is 11.3. The molecule has 1 aromatic heterocycles. The van der Waals surface area contributed by atoms with Crippen molar-refractivity contribution in [3.05, 3.63) is 63.8 Å². The van der Waals surface area contributed by atoms with Gasteiger partial charge in [-0.2, -0.15) is 0 Å². The Morgan fingerprint density at radius 3 is 2.61 bits per heavy atom. The number of benzene rings is 1. The molecule has 0 saturated carbocycles. The molecule has 0 saturated heterocycles. The van der Waals surface area contributed by atoms with Gasteiger partial charge in [0.15, 0.2) is 5.69 Å². The van der Waals surface area contributed by atoms with Gasteiger partial charge in [0, 0.05) is 12.5 Å². The smallest absolute Gasteiger partial charge is 0.354 e. The van der Waals surface area contributed by atoms with E-state index in [9.17, 15) is 9.59 Å². The van der Waals surface area contributed by atoms with Crippen LogP contribution < -0.4 is 5.56 Å². The van der Waals surface area contributed by atoms with Crippen LogP contribution in [0.2, 0.25) is 0 Å². The zero-order valence-corrected chi connectivity index (χ0v) is 9.59. The Labute approximate surface area is 103 Å². The number of carboxylic acid groups (broad SMARTS) is 1. The molecule has 0 unspecified atom stereocenters. The van der Waals surface area contributed by atoms with Crippen LogP contribution in [-0.2, 0) is 12.8 Å². The molecule has 5 nitrogen and oxygen atoms in total. The average molecular weight is 244 g/mol. The molecule has 0 amide bonds. The second-order valence-electron chi connectivity index (χ2n) is 3.87. The summed E-state index contributed by atoms with van der Waals surface area (Å²) in [6.45, 7) is 0. The molecular formula is C13H12N2O3. The van der Waals surface area contributed by atoms with E-state index in [0.29, 0.717) is 18.7 Å². The zero-order valence-electron chi connectivity index (χ0n) is 9.59. The molecule has 18 heavy (non-hydrogen) atoms. The number of H-pyrrole nitrogens is 1. The summed E-state index contributed by atoms with van der Waals surface area (Å²) in [5.74, 6) is -0.800. The van der Waals surface area contributed by atoms with Crippen molar-refractivity contribution in [3.63, 3.8) is 0 Å². The Hall–Kier alpha value is -2.43. The molecule has 0 bridgehead atoms. The minimum atomic E-state index is -1.19. The van der Waals surface area contributed by atoms with Gasteiger partial charge in [0.1, 0.15) is 5.82 Å². The highest BCUT2D eigenvalue weighted by molar-refractivity contribution is 5.85. The predicted octanol–water partition coefficient (Wildman–Crippen LogP) is 1.25. The third-order valence-corrected chi connectivity index (χ3v) is 2.50. The van der Waals surface area contributed by atoms with Gasteiger partial charge in [0.25, 0.3) is 5.56 Å². The number of nitrogens with one attached hydrogen (secondary N) is 1. The SMILES string of the molecule is O=C(O)c1cc(=O)[nH]c(CCc2ccccc2)n1. The lowest BCUT2D eigenvalue weighted by Gasteiger charge is -2.02. The summed E-state index contributed by atoms with van der Waals surface area (Å²) in [7, 11) is 0. The lowest BCUT2D eigenvalue weighted by molar-refractivity contribution is 0.0689. The van der Waals surface area contributed by atoms with Gasteiger partial charge < -0.3 is 10.1 Å². The quantitative estimate of drug-likeness (QED) is 0.848. The largest absolute Gasteiger partial charge is 0.477 e. The molecule has 2 aromatic rings. The van der Waals surface area contributed by atoms with Crippen LogP contribution in [0.1, 0.15) is 21.9 Å². The average Bonchev–Trinajstić information content (AvgIpc) is 2.37. The fourth-order valence-electron chi connectivity index (χ4n) is 1.64.